The van der Waals surface area contributed by atoms with Crippen LogP contribution in [0.15, 0.2) is 0 Å². The quantitative estimate of drug-likeness (QED) is 0.557. The van der Waals surface area contributed by atoms with Gasteiger partial charge in [0.15, 0.2) is 0 Å². The van der Waals surface area contributed by atoms with Gasteiger partial charge >= 0.3 is 17.8 Å². The molecular weight excluding hydrogens is 284 g/mol. The average Bonchev–Trinajstić information content (AvgIpc) is 2.76. The van der Waals surface area contributed by atoms with Crippen LogP contribution in [0.3, 0.4) is 0 Å². The molecule has 0 aromatic carbocycles. The van der Waals surface area contributed by atoms with Gasteiger partial charge in [-0.25, -0.2) is 9.59 Å². The van der Waals surface area contributed by atoms with E-state index < -0.39 is 17.8 Å². The lowest BCUT2D eigenvalue weighted by atomic mass is 10.0. The SMILES string of the molecule is CCOC(=O)C(=O)Nc1sc2c(c1C(=O)O)CCNC2. The molecule has 1 amide bonds. The summed E-state index contributed by atoms with van der Waals surface area (Å²) in [6.45, 7) is 2.93. The van der Waals surface area contributed by atoms with Gasteiger partial charge in [0.1, 0.15) is 5.00 Å². The van der Waals surface area contributed by atoms with Crippen molar-refractivity contribution in [1.29, 1.82) is 0 Å². The minimum atomic E-state index is -1.11. The second kappa shape index (κ2) is 6.02. The Balaban J connectivity index is 2.27. The summed E-state index contributed by atoms with van der Waals surface area (Å²) in [4.78, 5) is 35.1. The topological polar surface area (TPSA) is 105 Å². The van der Waals surface area contributed by atoms with Crippen LogP contribution in [0.1, 0.15) is 27.7 Å². The fraction of sp³-hybridized carbons (Fsp3) is 0.417. The molecule has 8 heteroatoms. The van der Waals surface area contributed by atoms with Crippen LogP contribution in [0.2, 0.25) is 0 Å². The van der Waals surface area contributed by atoms with Crippen LogP contribution in [0.4, 0.5) is 5.00 Å². The molecule has 0 radical (unpaired) electrons. The van der Waals surface area contributed by atoms with Gasteiger partial charge in [-0.1, -0.05) is 0 Å². The van der Waals surface area contributed by atoms with Crippen LogP contribution in [0.25, 0.3) is 0 Å². The molecule has 0 bridgehead atoms. The number of carboxylic acids is 1. The number of esters is 1. The highest BCUT2D eigenvalue weighted by Crippen LogP contribution is 2.35. The minimum absolute atomic E-state index is 0.0733. The maximum Gasteiger partial charge on any atom is 0.397 e. The van der Waals surface area contributed by atoms with Crippen LogP contribution in [-0.4, -0.2) is 36.1 Å². The third-order valence-electron chi connectivity index (χ3n) is 2.83. The van der Waals surface area contributed by atoms with E-state index in [1.165, 1.54) is 11.3 Å². The van der Waals surface area contributed by atoms with Crippen molar-refractivity contribution in [3.63, 3.8) is 0 Å². The molecule has 0 saturated heterocycles. The van der Waals surface area contributed by atoms with Gasteiger partial charge < -0.3 is 20.5 Å². The van der Waals surface area contributed by atoms with Gasteiger partial charge in [0.2, 0.25) is 0 Å². The Morgan fingerprint density at radius 2 is 2.20 bits per heavy atom. The number of hydrogen-bond donors (Lipinski definition) is 3. The molecule has 3 N–H and O–H groups in total. The molecule has 0 spiro atoms. The Labute approximate surface area is 118 Å². The van der Waals surface area contributed by atoms with Crippen LogP contribution in [-0.2, 0) is 27.3 Å². The molecule has 0 fully saturated rings. The van der Waals surface area contributed by atoms with Gasteiger partial charge in [0, 0.05) is 11.4 Å². The van der Waals surface area contributed by atoms with Crippen molar-refractivity contribution in [3.05, 3.63) is 16.0 Å². The van der Waals surface area contributed by atoms with Crippen molar-refractivity contribution in [2.75, 3.05) is 18.5 Å². The molecule has 1 aromatic rings. The largest absolute Gasteiger partial charge is 0.478 e. The first kappa shape index (κ1) is 14.5. The summed E-state index contributed by atoms with van der Waals surface area (Å²) in [5.74, 6) is -3.09. The molecule has 20 heavy (non-hydrogen) atoms. The third-order valence-corrected chi connectivity index (χ3v) is 3.98. The Hall–Kier alpha value is -1.93. The smallest absolute Gasteiger partial charge is 0.397 e. The Bertz CT molecular complexity index is 566. The molecule has 1 aromatic heterocycles. The maximum absolute atomic E-state index is 11.6. The first-order valence-electron chi connectivity index (χ1n) is 6.11. The third kappa shape index (κ3) is 2.81. The minimum Gasteiger partial charge on any atom is -0.478 e. The number of rotatable bonds is 3. The molecule has 7 nitrogen and oxygen atoms in total. The lowest BCUT2D eigenvalue weighted by molar-refractivity contribution is -0.152. The average molecular weight is 298 g/mol. The molecule has 0 aliphatic carbocycles. The summed E-state index contributed by atoms with van der Waals surface area (Å²) in [5.41, 5.74) is 0.796. The monoisotopic (exact) mass is 298 g/mol. The second-order valence-corrected chi connectivity index (χ2v) is 5.22. The first-order valence-corrected chi connectivity index (χ1v) is 6.92. The first-order chi connectivity index (χ1) is 9.54. The van der Waals surface area contributed by atoms with Crippen LogP contribution in [0, 0.1) is 0 Å². The van der Waals surface area contributed by atoms with E-state index in [4.69, 9.17) is 0 Å². The number of amides is 1. The highest BCUT2D eigenvalue weighted by Gasteiger charge is 2.27. The summed E-state index contributed by atoms with van der Waals surface area (Å²) in [6, 6.07) is 0. The zero-order valence-electron chi connectivity index (χ0n) is 10.8. The van der Waals surface area contributed by atoms with Crippen molar-refractivity contribution in [2.45, 2.75) is 19.9 Å². The zero-order valence-corrected chi connectivity index (χ0v) is 11.6. The van der Waals surface area contributed by atoms with Gasteiger partial charge in [0.25, 0.3) is 0 Å². The molecule has 1 aliphatic rings. The van der Waals surface area contributed by atoms with Crippen LogP contribution in [0.5, 0.6) is 0 Å². The van der Waals surface area contributed by atoms with E-state index in [9.17, 15) is 19.5 Å². The zero-order chi connectivity index (χ0) is 14.7. The second-order valence-electron chi connectivity index (χ2n) is 4.11. The summed E-state index contributed by atoms with van der Waals surface area (Å²) in [7, 11) is 0. The van der Waals surface area contributed by atoms with Crippen molar-refractivity contribution >= 4 is 34.2 Å². The lowest BCUT2D eigenvalue weighted by Crippen LogP contribution is -2.25. The number of fused-ring (bicyclic) bond motifs is 1. The van der Waals surface area contributed by atoms with Gasteiger partial charge in [-0.3, -0.25) is 4.79 Å². The summed E-state index contributed by atoms with van der Waals surface area (Å²) < 4.78 is 4.57. The van der Waals surface area contributed by atoms with E-state index in [0.717, 1.165) is 10.4 Å². The number of nitrogens with one attached hydrogen (secondary N) is 2. The highest BCUT2D eigenvalue weighted by molar-refractivity contribution is 7.17. The molecule has 1 aliphatic heterocycles. The van der Waals surface area contributed by atoms with E-state index in [1.807, 2.05) is 0 Å². The Morgan fingerprint density at radius 1 is 1.45 bits per heavy atom. The van der Waals surface area contributed by atoms with Gasteiger partial charge in [-0.2, -0.15) is 0 Å². The number of ether oxygens (including phenoxy) is 1. The fourth-order valence-electron chi connectivity index (χ4n) is 2.00. The predicted octanol–water partition coefficient (Wildman–Crippen LogP) is 0.594. The number of carbonyl (C=O) groups is 3. The van der Waals surface area contributed by atoms with Gasteiger partial charge in [-0.15, -0.1) is 11.3 Å². The van der Waals surface area contributed by atoms with Crippen molar-refractivity contribution in [3.8, 4) is 0 Å². The molecule has 108 valence electrons. The van der Waals surface area contributed by atoms with Gasteiger partial charge in [-0.05, 0) is 25.5 Å². The van der Waals surface area contributed by atoms with E-state index >= 15 is 0 Å². The van der Waals surface area contributed by atoms with Crippen molar-refractivity contribution < 1.29 is 24.2 Å². The van der Waals surface area contributed by atoms with E-state index in [0.29, 0.717) is 19.5 Å². The summed E-state index contributed by atoms with van der Waals surface area (Å²) >= 11 is 1.17. The van der Waals surface area contributed by atoms with E-state index in [1.54, 1.807) is 6.92 Å². The molecule has 0 unspecified atom stereocenters. The number of aromatic carboxylic acids is 1. The molecule has 0 saturated carbocycles. The summed E-state index contributed by atoms with van der Waals surface area (Å²) in [6.07, 6.45) is 0.586. The number of anilines is 1. The molecule has 2 rings (SSSR count). The standard InChI is InChI=1S/C12H14N2O5S/c1-2-19-12(18)9(15)14-10-8(11(16)17)6-3-4-13-5-7(6)20-10/h13H,2-5H2,1H3,(H,14,15)(H,16,17). The van der Waals surface area contributed by atoms with E-state index in [2.05, 4.69) is 15.4 Å². The number of carbonyl (C=O) groups excluding carboxylic acids is 2. The van der Waals surface area contributed by atoms with Crippen molar-refractivity contribution in [1.82, 2.24) is 5.32 Å². The number of hydrogen-bond acceptors (Lipinski definition) is 6. The highest BCUT2D eigenvalue weighted by atomic mass is 32.1. The summed E-state index contributed by atoms with van der Waals surface area (Å²) in [5, 5.41) is 14.9. The van der Waals surface area contributed by atoms with Crippen molar-refractivity contribution in [2.24, 2.45) is 0 Å². The van der Waals surface area contributed by atoms with Gasteiger partial charge in [0.05, 0.1) is 12.2 Å². The van der Waals surface area contributed by atoms with E-state index in [-0.39, 0.29) is 17.2 Å². The lowest BCUT2D eigenvalue weighted by Gasteiger charge is -2.12. The number of carboxylic acid groups (broad SMARTS) is 1. The number of thiophene rings is 1. The Morgan fingerprint density at radius 3 is 2.85 bits per heavy atom. The maximum atomic E-state index is 11.6. The molecule has 0 atom stereocenters. The predicted molar refractivity (Wildman–Crippen MR) is 72.0 cm³/mol. The van der Waals surface area contributed by atoms with Crippen LogP contribution >= 0.6 is 11.3 Å². The Kier molecular flexibility index (Phi) is 4.35. The fourth-order valence-corrected chi connectivity index (χ4v) is 3.20. The van der Waals surface area contributed by atoms with Crippen LogP contribution < -0.4 is 10.6 Å². The molecule has 2 heterocycles. The molecular formula is C12H14N2O5S. The normalized spacial score (nSPS) is 13.4.